The maximum atomic E-state index is 13.6. The Morgan fingerprint density at radius 1 is 0.617 bits per heavy atom. The molecule has 60 heavy (non-hydrogen) atoms. The fourth-order valence-corrected chi connectivity index (χ4v) is 7.16. The molecular weight excluding hydrogens is 795 g/mol. The van der Waals surface area contributed by atoms with E-state index < -0.39 is 34.4 Å². The number of carbonyl (C=O) groups excluding carboxylic acids is 2. The molecule has 0 heterocycles. The number of azo groups is 2. The average molecular weight is 830 g/mol. The predicted molar refractivity (Wildman–Crippen MR) is 239 cm³/mol. The van der Waals surface area contributed by atoms with Crippen molar-refractivity contribution in [1.29, 1.82) is 0 Å². The third-order valence-corrected chi connectivity index (χ3v) is 10.4. The van der Waals surface area contributed by atoms with Crippen LogP contribution in [-0.4, -0.2) is 33.1 Å². The van der Waals surface area contributed by atoms with Crippen LogP contribution < -0.4 is 10.6 Å². The first-order chi connectivity index (χ1) is 29.2. The second-order valence-electron chi connectivity index (χ2n) is 13.8. The maximum absolute atomic E-state index is 13.6. The topological polar surface area (TPSA) is 148 Å². The maximum Gasteiger partial charge on any atom is 0.259 e. The first-order valence-electron chi connectivity index (χ1n) is 18.7. The molecule has 0 spiro atoms. The van der Waals surface area contributed by atoms with Crippen molar-refractivity contribution in [3.05, 3.63) is 197 Å². The first kappa shape index (κ1) is 39.4. The van der Waals surface area contributed by atoms with Gasteiger partial charge in [0.1, 0.15) is 16.8 Å². The van der Waals surface area contributed by atoms with E-state index >= 15 is 0 Å². The number of carbonyl (C=O) groups is 2. The van der Waals surface area contributed by atoms with E-state index in [1.54, 1.807) is 121 Å². The van der Waals surface area contributed by atoms with Gasteiger partial charge < -0.3 is 20.8 Å². The average Bonchev–Trinajstić information content (AvgIpc) is 3.26. The number of hydrogen-bond donors (Lipinski definition) is 4. The number of para-hydroxylation sites is 2. The van der Waals surface area contributed by atoms with Gasteiger partial charge in [-0.05, 0) is 76.5 Å². The molecule has 0 fully saturated rings. The highest BCUT2D eigenvalue weighted by molar-refractivity contribution is 6.30. The third kappa shape index (κ3) is 8.42. The number of benzene rings is 7. The van der Waals surface area contributed by atoms with E-state index in [9.17, 15) is 19.8 Å². The highest BCUT2D eigenvalue weighted by atomic mass is 35.5. The lowest BCUT2D eigenvalue weighted by Crippen LogP contribution is -2.33. The number of phenolic OH excluding ortho intramolecular Hbond substituents is 2. The molecular formula is C48H34Cl2N6O4. The summed E-state index contributed by atoms with van der Waals surface area (Å²) in [5.41, 5.74) is 0.855. The number of anilines is 2. The molecule has 0 aromatic heterocycles. The summed E-state index contributed by atoms with van der Waals surface area (Å²) in [5.74, 6) is -1.93. The lowest BCUT2D eigenvalue weighted by molar-refractivity contribution is 0.101. The second kappa shape index (κ2) is 17.2. The Hall–Kier alpha value is -7.40. The second-order valence-corrected chi connectivity index (χ2v) is 14.7. The van der Waals surface area contributed by atoms with Crippen molar-refractivity contribution in [3.8, 4) is 11.5 Å². The Balaban J connectivity index is 1.23. The van der Waals surface area contributed by atoms with E-state index in [0.29, 0.717) is 37.9 Å². The number of hydrogen-bond acceptors (Lipinski definition) is 8. The molecule has 12 heteroatoms. The predicted octanol–water partition coefficient (Wildman–Crippen LogP) is 12.9. The SMILES string of the molecule is O=C(Nc1ccccc1)c1cc2ccccc2c(N=NC2(N=Nc3c(O)c(C(=O)Nc4ccccc4)cc4ccccc34)C=CC(C=Cc3cccc(Cl)c3)=CC2Cl)c1O. The molecule has 0 bridgehead atoms. The van der Waals surface area contributed by atoms with Gasteiger partial charge in [0, 0.05) is 27.2 Å². The summed E-state index contributed by atoms with van der Waals surface area (Å²) in [6.07, 6.45) is 8.84. The number of nitrogens with zero attached hydrogens (tertiary/aromatic N) is 4. The third-order valence-electron chi connectivity index (χ3n) is 9.75. The summed E-state index contributed by atoms with van der Waals surface area (Å²) in [6, 6.07) is 42.6. The van der Waals surface area contributed by atoms with Crippen LogP contribution in [0.3, 0.4) is 0 Å². The minimum Gasteiger partial charge on any atom is -0.505 e. The molecule has 0 aliphatic heterocycles. The summed E-state index contributed by atoms with van der Waals surface area (Å²) < 4.78 is 0. The van der Waals surface area contributed by atoms with Gasteiger partial charge in [-0.25, -0.2) is 0 Å². The summed E-state index contributed by atoms with van der Waals surface area (Å²) in [6.45, 7) is 0. The molecule has 1 aliphatic carbocycles. The Bertz CT molecular complexity index is 2780. The lowest BCUT2D eigenvalue weighted by Gasteiger charge is -2.26. The highest BCUT2D eigenvalue weighted by Gasteiger charge is 2.38. The Morgan fingerprint density at radius 3 is 1.62 bits per heavy atom. The van der Waals surface area contributed by atoms with Crippen LogP contribution in [0.15, 0.2) is 196 Å². The summed E-state index contributed by atoms with van der Waals surface area (Å²) in [4.78, 5) is 27.1. The Kier molecular flexibility index (Phi) is 11.3. The number of alkyl halides is 1. The van der Waals surface area contributed by atoms with Crippen molar-refractivity contribution >= 4 is 85.4 Å². The molecule has 1 atom stereocenters. The lowest BCUT2D eigenvalue weighted by atomic mass is 9.97. The Morgan fingerprint density at radius 2 is 1.12 bits per heavy atom. The van der Waals surface area contributed by atoms with Crippen molar-refractivity contribution < 1.29 is 19.8 Å². The van der Waals surface area contributed by atoms with Crippen molar-refractivity contribution in [2.24, 2.45) is 20.5 Å². The van der Waals surface area contributed by atoms with Gasteiger partial charge >= 0.3 is 0 Å². The largest absolute Gasteiger partial charge is 0.505 e. The number of allylic oxidation sites excluding steroid dienone is 3. The smallest absolute Gasteiger partial charge is 0.259 e. The zero-order chi connectivity index (χ0) is 41.6. The molecule has 7 aromatic carbocycles. The molecule has 1 aliphatic rings. The van der Waals surface area contributed by atoms with Gasteiger partial charge in [-0.3, -0.25) is 9.59 Å². The number of halogens is 2. The van der Waals surface area contributed by atoms with Crippen molar-refractivity contribution in [2.75, 3.05) is 10.6 Å². The first-order valence-corrected chi connectivity index (χ1v) is 19.6. The number of fused-ring (bicyclic) bond motifs is 2. The summed E-state index contributed by atoms with van der Waals surface area (Å²) in [7, 11) is 0. The minimum atomic E-state index is -1.76. The molecule has 294 valence electrons. The number of rotatable bonds is 10. The van der Waals surface area contributed by atoms with Gasteiger partial charge in [-0.1, -0.05) is 133 Å². The normalized spacial score (nSPS) is 16.5. The molecule has 0 radical (unpaired) electrons. The van der Waals surface area contributed by atoms with Crippen LogP contribution in [0.5, 0.6) is 11.5 Å². The standard InChI is InChI=1S/C48H34Cl2N6O4/c49-34-15-11-12-30(26-34)22-23-31-24-25-48(41(50)27-31,55-53-42-37-20-9-7-13-32(37)28-39(44(42)57)46(59)51-35-16-3-1-4-17-35)56-54-43-38-21-10-8-14-33(38)29-40(45(43)58)47(60)52-36-18-5-2-6-19-36/h1-29,41,57-58H,(H,51,59)(H,52,60). The molecule has 2 amide bonds. The number of phenols is 2. The van der Waals surface area contributed by atoms with Gasteiger partial charge in [-0.2, -0.15) is 0 Å². The van der Waals surface area contributed by atoms with E-state index in [-0.39, 0.29) is 22.5 Å². The Labute approximate surface area is 354 Å². The van der Waals surface area contributed by atoms with Crippen molar-refractivity contribution in [1.82, 2.24) is 0 Å². The molecule has 8 rings (SSSR count). The molecule has 1 unspecified atom stereocenters. The quantitative estimate of drug-likeness (QED) is 0.0802. The van der Waals surface area contributed by atoms with Crippen LogP contribution in [0.2, 0.25) is 5.02 Å². The van der Waals surface area contributed by atoms with Gasteiger partial charge in [0.05, 0.1) is 11.1 Å². The summed E-state index contributed by atoms with van der Waals surface area (Å²) in [5, 5.41) is 49.3. The number of aromatic hydroxyl groups is 2. The monoisotopic (exact) mass is 828 g/mol. The molecule has 7 aromatic rings. The van der Waals surface area contributed by atoms with Crippen LogP contribution in [-0.2, 0) is 0 Å². The van der Waals surface area contributed by atoms with Gasteiger partial charge in [0.25, 0.3) is 11.8 Å². The molecule has 4 N–H and O–H groups in total. The van der Waals surface area contributed by atoms with Crippen LogP contribution in [0.1, 0.15) is 26.3 Å². The summed E-state index contributed by atoms with van der Waals surface area (Å²) >= 11 is 13.4. The van der Waals surface area contributed by atoms with Crippen LogP contribution in [0.4, 0.5) is 22.7 Å². The van der Waals surface area contributed by atoms with Gasteiger partial charge in [0.15, 0.2) is 11.5 Å². The molecule has 10 nitrogen and oxygen atoms in total. The van der Waals surface area contributed by atoms with E-state index in [2.05, 4.69) is 31.1 Å². The highest BCUT2D eigenvalue weighted by Crippen LogP contribution is 2.44. The van der Waals surface area contributed by atoms with Crippen molar-refractivity contribution in [2.45, 2.75) is 11.0 Å². The fourth-order valence-electron chi connectivity index (χ4n) is 6.65. The zero-order valence-electron chi connectivity index (χ0n) is 31.6. The van der Waals surface area contributed by atoms with Crippen molar-refractivity contribution in [3.63, 3.8) is 0 Å². The van der Waals surface area contributed by atoms with Crippen LogP contribution in [0, 0.1) is 0 Å². The van der Waals surface area contributed by atoms with E-state index in [4.69, 9.17) is 23.2 Å². The van der Waals surface area contributed by atoms with Gasteiger partial charge in [-0.15, -0.1) is 32.1 Å². The number of amides is 2. The zero-order valence-corrected chi connectivity index (χ0v) is 33.1. The van der Waals surface area contributed by atoms with Gasteiger partial charge in [0.2, 0.25) is 5.66 Å². The van der Waals surface area contributed by atoms with Crippen LogP contribution in [0.25, 0.3) is 27.6 Å². The molecule has 0 saturated heterocycles. The molecule has 0 saturated carbocycles. The van der Waals surface area contributed by atoms with E-state index in [1.165, 1.54) is 0 Å². The fraction of sp³-hybridized carbons (Fsp3) is 0.0417. The van der Waals surface area contributed by atoms with E-state index in [0.717, 1.165) is 11.1 Å². The van der Waals surface area contributed by atoms with Crippen LogP contribution >= 0.6 is 23.2 Å². The number of nitrogens with one attached hydrogen (secondary N) is 2. The van der Waals surface area contributed by atoms with E-state index in [1.807, 2.05) is 54.6 Å². The minimum absolute atomic E-state index is 0.00154.